The zero-order chi connectivity index (χ0) is 18.0. The van der Waals surface area contributed by atoms with Gasteiger partial charge in [-0.15, -0.1) is 11.3 Å². The lowest BCUT2D eigenvalue weighted by atomic mass is 10.2. The Morgan fingerprint density at radius 1 is 1.16 bits per heavy atom. The van der Waals surface area contributed by atoms with Gasteiger partial charge in [-0.05, 0) is 43.3 Å². The van der Waals surface area contributed by atoms with Gasteiger partial charge in [0.05, 0.1) is 12.5 Å². The first kappa shape index (κ1) is 17.2. The van der Waals surface area contributed by atoms with E-state index in [1.165, 1.54) is 11.3 Å². The third-order valence-electron chi connectivity index (χ3n) is 3.19. The molecule has 25 heavy (non-hydrogen) atoms. The number of rotatable bonds is 5. The highest BCUT2D eigenvalue weighted by molar-refractivity contribution is 7.92. The van der Waals surface area contributed by atoms with Gasteiger partial charge in [0, 0.05) is 16.3 Å². The maximum absolute atomic E-state index is 12.4. The quantitative estimate of drug-likeness (QED) is 0.710. The van der Waals surface area contributed by atoms with E-state index < -0.39 is 10.0 Å². The standard InChI is InChI=1S/C16H15N3O4S2/c1-10-14(18-16(24-10)13-4-3-9-23-13)15(20)17-11-5-7-12(8-6-11)19-25(2,21)22/h3-9,19H,1-2H3,(H,17,20). The van der Waals surface area contributed by atoms with Crippen LogP contribution < -0.4 is 10.0 Å². The average molecular weight is 377 g/mol. The van der Waals surface area contributed by atoms with E-state index >= 15 is 0 Å². The minimum absolute atomic E-state index is 0.328. The van der Waals surface area contributed by atoms with Crippen LogP contribution in [0.15, 0.2) is 47.1 Å². The molecule has 0 saturated heterocycles. The molecule has 130 valence electrons. The summed E-state index contributed by atoms with van der Waals surface area (Å²) in [7, 11) is -3.34. The molecule has 3 rings (SSSR count). The minimum Gasteiger partial charge on any atom is -0.462 e. The van der Waals surface area contributed by atoms with E-state index in [9.17, 15) is 13.2 Å². The number of hydrogen-bond donors (Lipinski definition) is 2. The molecule has 1 aromatic carbocycles. The average Bonchev–Trinajstić information content (AvgIpc) is 3.17. The molecule has 0 unspecified atom stereocenters. The van der Waals surface area contributed by atoms with E-state index in [1.807, 2.05) is 6.92 Å². The van der Waals surface area contributed by atoms with Gasteiger partial charge in [0.15, 0.2) is 10.8 Å². The highest BCUT2D eigenvalue weighted by Gasteiger charge is 2.17. The van der Waals surface area contributed by atoms with E-state index in [1.54, 1.807) is 42.7 Å². The van der Waals surface area contributed by atoms with Gasteiger partial charge in [0.2, 0.25) is 10.0 Å². The Labute approximate surface area is 148 Å². The number of thiazole rings is 1. The number of carbonyl (C=O) groups is 1. The minimum atomic E-state index is -3.34. The van der Waals surface area contributed by atoms with Crippen LogP contribution in [0.3, 0.4) is 0 Å². The number of nitrogens with one attached hydrogen (secondary N) is 2. The van der Waals surface area contributed by atoms with Crippen LogP contribution in [0, 0.1) is 6.92 Å². The predicted molar refractivity (Wildman–Crippen MR) is 97.4 cm³/mol. The second-order valence-corrected chi connectivity index (χ2v) is 8.26. The summed E-state index contributed by atoms with van der Waals surface area (Å²) >= 11 is 1.38. The summed E-state index contributed by atoms with van der Waals surface area (Å²) in [5, 5.41) is 3.38. The first-order valence-electron chi connectivity index (χ1n) is 7.22. The second-order valence-electron chi connectivity index (χ2n) is 5.31. The topological polar surface area (TPSA) is 101 Å². The first-order valence-corrected chi connectivity index (χ1v) is 9.93. The molecular formula is C16H15N3O4S2. The Hall–Kier alpha value is -2.65. The first-order chi connectivity index (χ1) is 11.8. The maximum atomic E-state index is 12.4. The van der Waals surface area contributed by atoms with Crippen LogP contribution in [0.2, 0.25) is 0 Å². The van der Waals surface area contributed by atoms with E-state index in [0.717, 1.165) is 11.1 Å². The summed E-state index contributed by atoms with van der Waals surface area (Å²) in [6.45, 7) is 1.82. The van der Waals surface area contributed by atoms with Crippen molar-refractivity contribution in [3.63, 3.8) is 0 Å². The highest BCUT2D eigenvalue weighted by Crippen LogP contribution is 2.28. The molecule has 0 aliphatic heterocycles. The molecule has 0 aliphatic carbocycles. The number of sulfonamides is 1. The molecule has 2 aromatic heterocycles. The molecule has 0 atom stereocenters. The van der Waals surface area contributed by atoms with Crippen molar-refractivity contribution in [1.82, 2.24) is 4.98 Å². The van der Waals surface area contributed by atoms with Crippen molar-refractivity contribution in [2.75, 3.05) is 16.3 Å². The number of nitrogens with zero attached hydrogens (tertiary/aromatic N) is 1. The van der Waals surface area contributed by atoms with Gasteiger partial charge < -0.3 is 9.73 Å². The van der Waals surface area contributed by atoms with E-state index in [4.69, 9.17) is 4.42 Å². The van der Waals surface area contributed by atoms with Crippen LogP contribution in [-0.4, -0.2) is 25.6 Å². The summed E-state index contributed by atoms with van der Waals surface area (Å²) in [5.41, 5.74) is 1.29. The molecule has 0 bridgehead atoms. The lowest BCUT2D eigenvalue weighted by Crippen LogP contribution is -2.14. The molecule has 0 fully saturated rings. The third kappa shape index (κ3) is 4.25. The molecule has 2 N–H and O–H groups in total. The fourth-order valence-corrected chi connectivity index (χ4v) is 3.58. The Morgan fingerprint density at radius 2 is 1.84 bits per heavy atom. The normalized spacial score (nSPS) is 11.3. The lowest BCUT2D eigenvalue weighted by Gasteiger charge is -2.07. The van der Waals surface area contributed by atoms with Crippen LogP contribution in [0.1, 0.15) is 15.4 Å². The molecule has 1 amide bonds. The van der Waals surface area contributed by atoms with E-state index in [-0.39, 0.29) is 5.91 Å². The van der Waals surface area contributed by atoms with Gasteiger partial charge in [-0.25, -0.2) is 13.4 Å². The van der Waals surface area contributed by atoms with Crippen LogP contribution in [0.4, 0.5) is 11.4 Å². The van der Waals surface area contributed by atoms with Crippen molar-refractivity contribution in [3.05, 3.63) is 53.2 Å². The number of amides is 1. The van der Waals surface area contributed by atoms with Gasteiger partial charge in [0.1, 0.15) is 5.69 Å². The van der Waals surface area contributed by atoms with Crippen LogP contribution in [-0.2, 0) is 10.0 Å². The summed E-state index contributed by atoms with van der Waals surface area (Å²) in [6.07, 6.45) is 2.63. The van der Waals surface area contributed by atoms with Gasteiger partial charge in [0.25, 0.3) is 5.91 Å². The molecule has 0 radical (unpaired) electrons. The SMILES string of the molecule is Cc1sc(-c2ccco2)nc1C(=O)Nc1ccc(NS(C)(=O)=O)cc1. The number of aryl methyl sites for hydroxylation is 1. The Kier molecular flexibility index (Phi) is 4.60. The zero-order valence-corrected chi connectivity index (χ0v) is 15.1. The van der Waals surface area contributed by atoms with Crippen LogP contribution in [0.25, 0.3) is 10.8 Å². The van der Waals surface area contributed by atoms with Crippen molar-refractivity contribution >= 4 is 38.6 Å². The van der Waals surface area contributed by atoms with Crippen molar-refractivity contribution in [3.8, 4) is 10.8 Å². The summed E-state index contributed by atoms with van der Waals surface area (Å²) in [4.78, 5) is 17.5. The van der Waals surface area contributed by atoms with Crippen molar-refractivity contribution in [2.24, 2.45) is 0 Å². The van der Waals surface area contributed by atoms with Gasteiger partial charge in [-0.2, -0.15) is 0 Å². The third-order valence-corrected chi connectivity index (χ3v) is 4.78. The Bertz CT molecular complexity index is 991. The largest absolute Gasteiger partial charge is 0.462 e. The van der Waals surface area contributed by atoms with Gasteiger partial charge >= 0.3 is 0 Å². The molecule has 9 heteroatoms. The molecule has 0 aliphatic rings. The molecule has 2 heterocycles. The number of anilines is 2. The summed E-state index contributed by atoms with van der Waals surface area (Å²) in [6, 6.07) is 9.91. The van der Waals surface area contributed by atoms with Crippen LogP contribution >= 0.6 is 11.3 Å². The number of benzene rings is 1. The molecule has 0 saturated carbocycles. The molecule has 7 nitrogen and oxygen atoms in total. The summed E-state index contributed by atoms with van der Waals surface area (Å²) < 4.78 is 30.0. The number of furan rings is 1. The molecular weight excluding hydrogens is 362 g/mol. The lowest BCUT2D eigenvalue weighted by molar-refractivity contribution is 0.102. The van der Waals surface area contributed by atoms with Crippen molar-refractivity contribution in [2.45, 2.75) is 6.92 Å². The fraction of sp³-hybridized carbons (Fsp3) is 0.125. The highest BCUT2D eigenvalue weighted by atomic mass is 32.2. The van der Waals surface area contributed by atoms with Crippen LogP contribution in [0.5, 0.6) is 0 Å². The fourth-order valence-electron chi connectivity index (χ4n) is 2.14. The Balaban J connectivity index is 1.74. The monoisotopic (exact) mass is 377 g/mol. The van der Waals surface area contributed by atoms with E-state index in [0.29, 0.717) is 27.8 Å². The molecule has 3 aromatic rings. The van der Waals surface area contributed by atoms with Crippen molar-refractivity contribution < 1.29 is 17.6 Å². The van der Waals surface area contributed by atoms with Gasteiger partial charge in [-0.1, -0.05) is 0 Å². The molecule has 0 spiro atoms. The Morgan fingerprint density at radius 3 is 2.44 bits per heavy atom. The maximum Gasteiger partial charge on any atom is 0.275 e. The van der Waals surface area contributed by atoms with Crippen molar-refractivity contribution in [1.29, 1.82) is 0 Å². The zero-order valence-electron chi connectivity index (χ0n) is 13.4. The predicted octanol–water partition coefficient (Wildman–Crippen LogP) is 3.34. The summed E-state index contributed by atoms with van der Waals surface area (Å²) in [5.74, 6) is 0.277. The number of aromatic nitrogens is 1. The smallest absolute Gasteiger partial charge is 0.275 e. The second kappa shape index (κ2) is 6.69. The van der Waals surface area contributed by atoms with E-state index in [2.05, 4.69) is 15.0 Å². The number of carbonyl (C=O) groups excluding carboxylic acids is 1. The van der Waals surface area contributed by atoms with Gasteiger partial charge in [-0.3, -0.25) is 9.52 Å². The number of hydrogen-bond acceptors (Lipinski definition) is 6.